The van der Waals surface area contributed by atoms with Gasteiger partial charge in [0.2, 0.25) is 0 Å². The lowest BCUT2D eigenvalue weighted by Gasteiger charge is -2.23. The van der Waals surface area contributed by atoms with Crippen molar-refractivity contribution in [3.8, 4) is 5.75 Å². The number of aliphatic hydroxyl groups is 1. The summed E-state index contributed by atoms with van der Waals surface area (Å²) in [6.45, 7) is 2.83. The van der Waals surface area contributed by atoms with E-state index in [1.807, 2.05) is 37.3 Å². The molecule has 1 aliphatic heterocycles. The minimum atomic E-state index is -1.01. The summed E-state index contributed by atoms with van der Waals surface area (Å²) in [5, 5.41) is 10.6. The molecule has 1 aromatic carbocycles. The molecule has 1 aliphatic rings. The molecule has 1 atom stereocenters. The van der Waals surface area contributed by atoms with Crippen molar-refractivity contribution in [3.63, 3.8) is 0 Å². The number of β-amino-alcohol motifs (C(OH)–C–C–N with tert-alkyl or cyclic N) is 1. The van der Waals surface area contributed by atoms with Gasteiger partial charge < -0.3 is 14.7 Å². The SMILES string of the molecule is Cc1cc(C(=O)N2CCC(O)(COc3ccccc3)C2)ccn1. The summed E-state index contributed by atoms with van der Waals surface area (Å²) >= 11 is 0. The lowest BCUT2D eigenvalue weighted by atomic mass is 10.1. The number of carbonyl (C=O) groups is 1. The Morgan fingerprint density at radius 3 is 2.87 bits per heavy atom. The summed E-state index contributed by atoms with van der Waals surface area (Å²) in [4.78, 5) is 18.3. The molecule has 120 valence electrons. The molecule has 0 bridgehead atoms. The van der Waals surface area contributed by atoms with Gasteiger partial charge in [-0.15, -0.1) is 0 Å². The number of hydrogen-bond donors (Lipinski definition) is 1. The van der Waals surface area contributed by atoms with Crippen molar-refractivity contribution in [3.05, 3.63) is 59.9 Å². The van der Waals surface area contributed by atoms with Crippen LogP contribution in [0.5, 0.6) is 5.75 Å². The molecule has 1 amide bonds. The van der Waals surface area contributed by atoms with Gasteiger partial charge in [-0.2, -0.15) is 0 Å². The average Bonchev–Trinajstić information content (AvgIpc) is 2.96. The Labute approximate surface area is 135 Å². The van der Waals surface area contributed by atoms with Crippen molar-refractivity contribution in [2.75, 3.05) is 19.7 Å². The molecule has 1 aromatic heterocycles. The van der Waals surface area contributed by atoms with Crippen LogP contribution in [-0.2, 0) is 0 Å². The van der Waals surface area contributed by atoms with Crippen LogP contribution in [0.1, 0.15) is 22.5 Å². The largest absolute Gasteiger partial charge is 0.491 e. The van der Waals surface area contributed by atoms with Crippen LogP contribution in [0.4, 0.5) is 0 Å². The minimum absolute atomic E-state index is 0.0777. The second-order valence-electron chi connectivity index (χ2n) is 5.99. The number of aryl methyl sites for hydroxylation is 1. The molecule has 1 saturated heterocycles. The Balaban J connectivity index is 1.62. The van der Waals surface area contributed by atoms with Crippen LogP contribution in [0.2, 0.25) is 0 Å². The van der Waals surface area contributed by atoms with Gasteiger partial charge >= 0.3 is 0 Å². The number of aromatic nitrogens is 1. The quantitative estimate of drug-likeness (QED) is 0.938. The summed E-state index contributed by atoms with van der Waals surface area (Å²) in [7, 11) is 0. The van der Waals surface area contributed by atoms with Gasteiger partial charge in [0.25, 0.3) is 5.91 Å². The second-order valence-corrected chi connectivity index (χ2v) is 5.99. The standard InChI is InChI=1S/C18H20N2O3/c1-14-11-15(7-9-19-14)17(21)20-10-8-18(22,12-20)13-23-16-5-3-2-4-6-16/h2-7,9,11,22H,8,10,12-13H2,1H3. The van der Waals surface area contributed by atoms with Gasteiger partial charge in [0.1, 0.15) is 18.0 Å². The number of pyridine rings is 1. The van der Waals surface area contributed by atoms with Crippen LogP contribution in [0.25, 0.3) is 0 Å². The number of rotatable bonds is 4. The van der Waals surface area contributed by atoms with E-state index in [-0.39, 0.29) is 19.1 Å². The molecule has 3 rings (SSSR count). The molecule has 5 nitrogen and oxygen atoms in total. The van der Waals surface area contributed by atoms with Crippen molar-refractivity contribution in [2.45, 2.75) is 18.9 Å². The average molecular weight is 312 g/mol. The summed E-state index contributed by atoms with van der Waals surface area (Å²) < 4.78 is 5.65. The predicted octanol–water partition coefficient (Wildman–Crippen LogP) is 2.05. The van der Waals surface area contributed by atoms with Crippen LogP contribution in [-0.4, -0.2) is 46.2 Å². The van der Waals surface area contributed by atoms with E-state index in [2.05, 4.69) is 4.98 Å². The lowest BCUT2D eigenvalue weighted by Crippen LogP contribution is -2.40. The van der Waals surface area contributed by atoms with E-state index in [4.69, 9.17) is 4.74 Å². The zero-order chi connectivity index (χ0) is 16.3. The Morgan fingerprint density at radius 2 is 2.13 bits per heavy atom. The van der Waals surface area contributed by atoms with E-state index >= 15 is 0 Å². The first kappa shape index (κ1) is 15.5. The molecule has 2 heterocycles. The molecule has 0 aliphatic carbocycles. The van der Waals surface area contributed by atoms with Gasteiger partial charge in [0, 0.05) is 24.0 Å². The van der Waals surface area contributed by atoms with Crippen LogP contribution >= 0.6 is 0 Å². The molecule has 1 N–H and O–H groups in total. The molecule has 0 saturated carbocycles. The first-order valence-corrected chi connectivity index (χ1v) is 7.68. The van der Waals surface area contributed by atoms with Gasteiger partial charge in [0.05, 0.1) is 6.54 Å². The van der Waals surface area contributed by atoms with Crippen molar-refractivity contribution in [1.29, 1.82) is 0 Å². The zero-order valence-corrected chi connectivity index (χ0v) is 13.1. The molecule has 0 spiro atoms. The number of benzene rings is 1. The Hall–Kier alpha value is -2.40. The minimum Gasteiger partial charge on any atom is -0.491 e. The summed E-state index contributed by atoms with van der Waals surface area (Å²) in [6.07, 6.45) is 2.14. The highest BCUT2D eigenvalue weighted by Crippen LogP contribution is 2.24. The monoisotopic (exact) mass is 312 g/mol. The van der Waals surface area contributed by atoms with E-state index in [0.717, 1.165) is 11.4 Å². The fourth-order valence-corrected chi connectivity index (χ4v) is 2.74. The smallest absolute Gasteiger partial charge is 0.254 e. The van der Waals surface area contributed by atoms with Gasteiger partial charge in [-0.3, -0.25) is 9.78 Å². The van der Waals surface area contributed by atoms with E-state index in [0.29, 0.717) is 18.5 Å². The van der Waals surface area contributed by atoms with Crippen LogP contribution in [0.15, 0.2) is 48.7 Å². The Kier molecular flexibility index (Phi) is 4.30. The van der Waals surface area contributed by atoms with E-state index in [1.54, 1.807) is 23.2 Å². The molecular weight excluding hydrogens is 292 g/mol. The highest BCUT2D eigenvalue weighted by molar-refractivity contribution is 5.94. The van der Waals surface area contributed by atoms with Crippen LogP contribution < -0.4 is 4.74 Å². The maximum atomic E-state index is 12.5. The maximum Gasteiger partial charge on any atom is 0.254 e. The third-order valence-corrected chi connectivity index (χ3v) is 4.01. The van der Waals surface area contributed by atoms with Crippen molar-refractivity contribution < 1.29 is 14.6 Å². The van der Waals surface area contributed by atoms with Gasteiger partial charge in [-0.25, -0.2) is 0 Å². The van der Waals surface area contributed by atoms with Crippen molar-refractivity contribution in [2.24, 2.45) is 0 Å². The first-order chi connectivity index (χ1) is 11.1. The summed E-state index contributed by atoms with van der Waals surface area (Å²) in [6, 6.07) is 12.8. The van der Waals surface area contributed by atoms with Gasteiger partial charge in [-0.1, -0.05) is 18.2 Å². The van der Waals surface area contributed by atoms with Crippen LogP contribution in [0.3, 0.4) is 0 Å². The normalized spacial score (nSPS) is 20.5. The topological polar surface area (TPSA) is 62.7 Å². The number of nitrogens with zero attached hydrogens (tertiary/aromatic N) is 2. The number of hydrogen-bond acceptors (Lipinski definition) is 4. The van der Waals surface area contributed by atoms with Crippen LogP contribution in [0, 0.1) is 6.92 Å². The highest BCUT2D eigenvalue weighted by atomic mass is 16.5. The zero-order valence-electron chi connectivity index (χ0n) is 13.1. The number of likely N-dealkylation sites (tertiary alicyclic amines) is 1. The lowest BCUT2D eigenvalue weighted by molar-refractivity contribution is 0.00431. The fraction of sp³-hybridized carbons (Fsp3) is 0.333. The third-order valence-electron chi connectivity index (χ3n) is 4.01. The van der Waals surface area contributed by atoms with Crippen molar-refractivity contribution >= 4 is 5.91 Å². The van der Waals surface area contributed by atoms with E-state index in [9.17, 15) is 9.90 Å². The molecule has 5 heteroatoms. The first-order valence-electron chi connectivity index (χ1n) is 7.68. The molecule has 0 radical (unpaired) electrons. The van der Waals surface area contributed by atoms with Gasteiger partial charge in [-0.05, 0) is 37.6 Å². The second kappa shape index (κ2) is 6.38. The molecular formula is C18H20N2O3. The number of para-hydroxylation sites is 1. The number of carbonyl (C=O) groups excluding carboxylic acids is 1. The maximum absolute atomic E-state index is 12.5. The molecule has 2 aromatic rings. The van der Waals surface area contributed by atoms with Crippen molar-refractivity contribution in [1.82, 2.24) is 9.88 Å². The predicted molar refractivity (Wildman–Crippen MR) is 86.4 cm³/mol. The highest BCUT2D eigenvalue weighted by Gasteiger charge is 2.39. The molecule has 1 unspecified atom stereocenters. The Morgan fingerprint density at radius 1 is 1.35 bits per heavy atom. The number of amides is 1. The summed E-state index contributed by atoms with van der Waals surface area (Å²) in [5.74, 6) is 0.640. The Bertz CT molecular complexity index is 690. The van der Waals surface area contributed by atoms with E-state index in [1.165, 1.54) is 0 Å². The third kappa shape index (κ3) is 3.68. The van der Waals surface area contributed by atoms with E-state index < -0.39 is 5.60 Å². The summed E-state index contributed by atoms with van der Waals surface area (Å²) in [5.41, 5.74) is 0.400. The molecule has 23 heavy (non-hydrogen) atoms. The fourth-order valence-electron chi connectivity index (χ4n) is 2.74. The van der Waals surface area contributed by atoms with Gasteiger partial charge in [0.15, 0.2) is 0 Å². The number of ether oxygens (including phenoxy) is 1. The molecule has 1 fully saturated rings.